The van der Waals surface area contributed by atoms with Crippen LogP contribution in [0, 0.1) is 5.92 Å². The molecule has 1 atom stereocenters. The van der Waals surface area contributed by atoms with E-state index >= 15 is 0 Å². The van der Waals surface area contributed by atoms with Crippen LogP contribution in [0.5, 0.6) is 0 Å². The fourth-order valence-electron chi connectivity index (χ4n) is 0.899. The molecule has 0 fully saturated rings. The Morgan fingerprint density at radius 3 is 2.55 bits per heavy atom. The molecule has 1 amide bonds. The minimum Gasteiger partial charge on any atom is -0.384 e. The highest BCUT2D eigenvalue weighted by Crippen LogP contribution is 2.01. The number of rotatable bonds is 5. The highest BCUT2D eigenvalue weighted by atomic mass is 16.5. The van der Waals surface area contributed by atoms with Crippen LogP contribution in [0.4, 0.5) is 0 Å². The lowest BCUT2D eigenvalue weighted by molar-refractivity contribution is -0.126. The summed E-state index contributed by atoms with van der Waals surface area (Å²) in [6.45, 7) is 5.11. The standard InChI is InChI=1S/C8H17NO2/c1-4-7(6-11-3)8(10)9-5-2/h7H,4-6H2,1-3H3,(H,9,10). The molecule has 11 heavy (non-hydrogen) atoms. The number of carbonyl (C=O) groups is 1. The molecule has 66 valence electrons. The van der Waals surface area contributed by atoms with Crippen molar-refractivity contribution in [1.82, 2.24) is 5.32 Å². The topological polar surface area (TPSA) is 38.3 Å². The maximum Gasteiger partial charge on any atom is 0.225 e. The number of methoxy groups -OCH3 is 1. The van der Waals surface area contributed by atoms with Gasteiger partial charge in [0.25, 0.3) is 0 Å². The van der Waals surface area contributed by atoms with Gasteiger partial charge in [-0.25, -0.2) is 0 Å². The van der Waals surface area contributed by atoms with Crippen LogP contribution in [0.15, 0.2) is 0 Å². The monoisotopic (exact) mass is 159 g/mol. The van der Waals surface area contributed by atoms with E-state index in [9.17, 15) is 4.79 Å². The molecule has 0 aliphatic carbocycles. The molecule has 0 radical (unpaired) electrons. The molecule has 0 aliphatic heterocycles. The fraction of sp³-hybridized carbons (Fsp3) is 0.875. The van der Waals surface area contributed by atoms with E-state index in [1.807, 2.05) is 13.8 Å². The predicted molar refractivity (Wildman–Crippen MR) is 44.3 cm³/mol. The number of hydrogen-bond donors (Lipinski definition) is 1. The van der Waals surface area contributed by atoms with Crippen molar-refractivity contribution in [2.75, 3.05) is 20.3 Å². The summed E-state index contributed by atoms with van der Waals surface area (Å²) in [6.07, 6.45) is 0.833. The lowest BCUT2D eigenvalue weighted by Crippen LogP contribution is -2.32. The molecule has 0 aliphatic rings. The van der Waals surface area contributed by atoms with Crippen molar-refractivity contribution in [2.45, 2.75) is 20.3 Å². The average molecular weight is 159 g/mol. The third kappa shape index (κ3) is 3.98. The molecular formula is C8H17NO2. The number of amides is 1. The van der Waals surface area contributed by atoms with E-state index in [1.165, 1.54) is 0 Å². The number of carbonyl (C=O) groups excluding carboxylic acids is 1. The van der Waals surface area contributed by atoms with Gasteiger partial charge in [-0.1, -0.05) is 6.92 Å². The smallest absolute Gasteiger partial charge is 0.225 e. The van der Waals surface area contributed by atoms with E-state index in [2.05, 4.69) is 5.32 Å². The summed E-state index contributed by atoms with van der Waals surface area (Å²) in [4.78, 5) is 11.2. The second kappa shape index (κ2) is 6.16. The molecule has 0 spiro atoms. The number of ether oxygens (including phenoxy) is 1. The third-order valence-corrected chi connectivity index (χ3v) is 1.58. The van der Waals surface area contributed by atoms with Crippen molar-refractivity contribution in [1.29, 1.82) is 0 Å². The normalized spacial score (nSPS) is 12.6. The van der Waals surface area contributed by atoms with Crippen molar-refractivity contribution < 1.29 is 9.53 Å². The number of nitrogens with one attached hydrogen (secondary N) is 1. The molecule has 0 heterocycles. The molecule has 0 aromatic rings. The zero-order valence-corrected chi connectivity index (χ0v) is 7.52. The van der Waals surface area contributed by atoms with E-state index < -0.39 is 0 Å². The third-order valence-electron chi connectivity index (χ3n) is 1.58. The Bertz CT molecular complexity index is 115. The van der Waals surface area contributed by atoms with Crippen LogP contribution in [-0.4, -0.2) is 26.2 Å². The zero-order chi connectivity index (χ0) is 8.69. The lowest BCUT2D eigenvalue weighted by atomic mass is 10.1. The van der Waals surface area contributed by atoms with Crippen LogP contribution in [-0.2, 0) is 9.53 Å². The largest absolute Gasteiger partial charge is 0.384 e. The molecule has 1 unspecified atom stereocenters. The van der Waals surface area contributed by atoms with Crippen LogP contribution < -0.4 is 5.32 Å². The molecular weight excluding hydrogens is 142 g/mol. The van der Waals surface area contributed by atoms with Gasteiger partial charge in [-0.3, -0.25) is 4.79 Å². The maximum absolute atomic E-state index is 11.2. The molecule has 0 aromatic heterocycles. The molecule has 0 aromatic carbocycles. The Balaban J connectivity index is 3.71. The van der Waals surface area contributed by atoms with Crippen LogP contribution in [0.1, 0.15) is 20.3 Å². The van der Waals surface area contributed by atoms with Gasteiger partial charge in [0.05, 0.1) is 12.5 Å². The van der Waals surface area contributed by atoms with Gasteiger partial charge in [-0.15, -0.1) is 0 Å². The van der Waals surface area contributed by atoms with Crippen molar-refractivity contribution in [3.63, 3.8) is 0 Å². The summed E-state index contributed by atoms with van der Waals surface area (Å²) < 4.78 is 4.90. The van der Waals surface area contributed by atoms with Crippen molar-refractivity contribution in [3.8, 4) is 0 Å². The van der Waals surface area contributed by atoms with Crippen molar-refractivity contribution in [2.24, 2.45) is 5.92 Å². The van der Waals surface area contributed by atoms with E-state index in [1.54, 1.807) is 7.11 Å². The molecule has 0 saturated heterocycles. The van der Waals surface area contributed by atoms with Crippen molar-refractivity contribution in [3.05, 3.63) is 0 Å². The minimum atomic E-state index is 0.0138. The van der Waals surface area contributed by atoms with E-state index in [-0.39, 0.29) is 11.8 Å². The van der Waals surface area contributed by atoms with Gasteiger partial charge in [0.15, 0.2) is 0 Å². The summed E-state index contributed by atoms with van der Waals surface area (Å²) >= 11 is 0. The van der Waals surface area contributed by atoms with Crippen molar-refractivity contribution >= 4 is 5.91 Å². The first-order valence-electron chi connectivity index (χ1n) is 4.02. The van der Waals surface area contributed by atoms with Gasteiger partial charge in [-0.2, -0.15) is 0 Å². The lowest BCUT2D eigenvalue weighted by Gasteiger charge is -2.12. The van der Waals surface area contributed by atoms with Gasteiger partial charge < -0.3 is 10.1 Å². The molecule has 3 heteroatoms. The highest BCUT2D eigenvalue weighted by molar-refractivity contribution is 5.78. The first-order chi connectivity index (χ1) is 5.26. The Kier molecular flexibility index (Phi) is 5.84. The molecule has 0 saturated carbocycles. The summed E-state index contributed by atoms with van der Waals surface area (Å²) in [7, 11) is 1.61. The minimum absolute atomic E-state index is 0.0138. The first-order valence-corrected chi connectivity index (χ1v) is 4.02. The second-order valence-corrected chi connectivity index (χ2v) is 2.46. The SMILES string of the molecule is CCNC(=O)C(CC)COC. The maximum atomic E-state index is 11.2. The Morgan fingerprint density at radius 1 is 1.55 bits per heavy atom. The fourth-order valence-corrected chi connectivity index (χ4v) is 0.899. The molecule has 0 rings (SSSR count). The second-order valence-electron chi connectivity index (χ2n) is 2.46. The molecule has 3 nitrogen and oxygen atoms in total. The van der Waals surface area contributed by atoms with Gasteiger partial charge in [0.1, 0.15) is 0 Å². The first kappa shape index (κ1) is 10.4. The Labute approximate surface area is 68.1 Å². The van der Waals surface area contributed by atoms with Crippen LogP contribution in [0.3, 0.4) is 0 Å². The predicted octanol–water partition coefficient (Wildman–Crippen LogP) is 0.795. The van der Waals surface area contributed by atoms with Gasteiger partial charge in [-0.05, 0) is 13.3 Å². The summed E-state index contributed by atoms with van der Waals surface area (Å²) in [5, 5.41) is 2.76. The van der Waals surface area contributed by atoms with Gasteiger partial charge >= 0.3 is 0 Å². The zero-order valence-electron chi connectivity index (χ0n) is 7.52. The average Bonchev–Trinajstić information content (AvgIpc) is 2.00. The summed E-state index contributed by atoms with van der Waals surface area (Å²) in [5.41, 5.74) is 0. The molecule has 1 N–H and O–H groups in total. The highest BCUT2D eigenvalue weighted by Gasteiger charge is 2.14. The number of hydrogen-bond acceptors (Lipinski definition) is 2. The van der Waals surface area contributed by atoms with E-state index in [0.29, 0.717) is 13.2 Å². The molecule has 0 bridgehead atoms. The summed E-state index contributed by atoms with van der Waals surface area (Å²) in [6, 6.07) is 0. The Hall–Kier alpha value is -0.570. The van der Waals surface area contributed by atoms with E-state index in [0.717, 1.165) is 6.42 Å². The van der Waals surface area contributed by atoms with Crippen LogP contribution in [0.2, 0.25) is 0 Å². The quantitative estimate of drug-likeness (QED) is 0.644. The van der Waals surface area contributed by atoms with E-state index in [4.69, 9.17) is 4.74 Å². The Morgan fingerprint density at radius 2 is 2.18 bits per heavy atom. The van der Waals surface area contributed by atoms with Gasteiger partial charge in [0.2, 0.25) is 5.91 Å². The van der Waals surface area contributed by atoms with Gasteiger partial charge in [0, 0.05) is 13.7 Å². The van der Waals surface area contributed by atoms with Crippen LogP contribution in [0.25, 0.3) is 0 Å². The van der Waals surface area contributed by atoms with Crippen LogP contribution >= 0.6 is 0 Å². The summed E-state index contributed by atoms with van der Waals surface area (Å²) in [5.74, 6) is 0.108.